The van der Waals surface area contributed by atoms with Gasteiger partial charge in [0.2, 0.25) is 0 Å². The zero-order valence-electron chi connectivity index (χ0n) is 24.8. The first-order valence-electron chi connectivity index (χ1n) is 13.6. The lowest BCUT2D eigenvalue weighted by Crippen LogP contribution is -2.26. The maximum Gasteiger partial charge on any atom is 0.490 e. The summed E-state index contributed by atoms with van der Waals surface area (Å²) in [6, 6.07) is 0. The Morgan fingerprint density at radius 2 is 1.04 bits per heavy atom. The van der Waals surface area contributed by atoms with E-state index in [4.69, 9.17) is 10.3 Å². The molecule has 278 valence electrons. The highest BCUT2D eigenvalue weighted by molar-refractivity contribution is 7.72. The lowest BCUT2D eigenvalue weighted by atomic mass is 10.1. The van der Waals surface area contributed by atoms with E-state index in [9.17, 15) is 61.9 Å². The number of phosphoric ester groups is 2. The van der Waals surface area contributed by atoms with E-state index >= 15 is 0 Å². The third kappa shape index (κ3) is 21.8. The van der Waals surface area contributed by atoms with Gasteiger partial charge in [0.05, 0.1) is 25.4 Å². The fourth-order valence-electron chi connectivity index (χ4n) is 3.76. The normalized spacial score (nSPS) is 26.1. The Kier molecular flexibility index (Phi) is 19.4. The predicted molar refractivity (Wildman–Crippen MR) is 157 cm³/mol. The van der Waals surface area contributed by atoms with Crippen LogP contribution in [0.1, 0.15) is 71.1 Å². The number of ether oxygens (including phenoxy) is 1. The van der Waals surface area contributed by atoms with Crippen LogP contribution in [0.5, 0.6) is 0 Å². The summed E-state index contributed by atoms with van der Waals surface area (Å²) < 4.78 is 104. The van der Waals surface area contributed by atoms with Crippen molar-refractivity contribution < 1.29 is 97.2 Å². The summed E-state index contributed by atoms with van der Waals surface area (Å²) in [6.45, 7) is 0.685. The van der Waals surface area contributed by atoms with Gasteiger partial charge >= 0.3 is 46.9 Å². The molecule has 0 aromatic rings. The Morgan fingerprint density at radius 1 is 0.660 bits per heavy atom. The Bertz CT molecular complexity index is 1330. The number of aliphatic hydroxyl groups excluding tert-OH is 1. The molecule has 1 fully saturated rings. The van der Waals surface area contributed by atoms with Crippen molar-refractivity contribution in [1.29, 1.82) is 0 Å². The Hall–Kier alpha value is 0.0900. The molecule has 0 aliphatic carbocycles. The van der Waals surface area contributed by atoms with E-state index in [0.717, 1.165) is 44.9 Å². The van der Waals surface area contributed by atoms with Crippen molar-refractivity contribution in [2.75, 3.05) is 19.8 Å². The molecule has 9 atom stereocenters. The summed E-state index contributed by atoms with van der Waals surface area (Å²) >= 11 is 0. The first kappa shape index (κ1) is 45.1. The molecule has 1 saturated heterocycles. The van der Waals surface area contributed by atoms with E-state index in [0.29, 0.717) is 13.0 Å². The molecule has 1 heterocycles. The van der Waals surface area contributed by atoms with E-state index in [-0.39, 0.29) is 12.8 Å². The summed E-state index contributed by atoms with van der Waals surface area (Å²) in [5.41, 5.74) is 8.19. The highest BCUT2D eigenvalue weighted by Gasteiger charge is 2.49. The first-order chi connectivity index (χ1) is 21.5. The van der Waals surface area contributed by atoms with Gasteiger partial charge in [0.15, 0.2) is 0 Å². The predicted octanol–water partition coefficient (Wildman–Crippen LogP) is 5.06. The molecule has 1 rings (SSSR count). The molecule has 6 unspecified atom stereocenters. The molecular weight excluding hydrogens is 768 g/mol. The average molecular weight is 807 g/mol. The average Bonchev–Trinajstić information content (AvgIpc) is 3.18. The molecular formula is C17H39N3O21P6. The first-order valence-corrected chi connectivity index (χ1v) is 22.6. The van der Waals surface area contributed by atoms with Gasteiger partial charge in [-0.15, -0.1) is 0 Å². The van der Waals surface area contributed by atoms with Crippen LogP contribution in [0.15, 0.2) is 5.11 Å². The minimum atomic E-state index is -6.36. The fourth-order valence-corrected chi connectivity index (χ4v) is 11.6. The van der Waals surface area contributed by atoms with Crippen LogP contribution in [0.4, 0.5) is 0 Å². The van der Waals surface area contributed by atoms with Crippen molar-refractivity contribution in [2.24, 2.45) is 5.11 Å². The van der Waals surface area contributed by atoms with Crippen molar-refractivity contribution in [1.82, 2.24) is 0 Å². The number of hydrogen-bond donors (Lipinski definition) is 7. The molecule has 1 aliphatic heterocycles. The number of rotatable bonds is 26. The molecule has 0 aromatic carbocycles. The molecule has 0 radical (unpaired) electrons. The molecule has 0 saturated carbocycles. The summed E-state index contributed by atoms with van der Waals surface area (Å²) in [4.78, 5) is 60.0. The summed E-state index contributed by atoms with van der Waals surface area (Å²) in [5, 5.41) is 13.2. The standard InChI is InChI=1S/C17H39N3O21P6/c1-15-13-16(21)17(36-15)14-35-43(24,25)38-45(28,29)40-47(32,33)41-46(30,31)39-44(26,27)37-42(22,23)34-12-10-8-6-4-2-3-5-7-9-11-19-20-18/h15-17,21H,2-14H2,1H3,(H,22,23)(H,24,25)(H,26,27)(H,28,29)(H,30,31)(H,32,33)/t15-,16+,17+/m0/s1. The van der Waals surface area contributed by atoms with E-state index in [1.807, 2.05) is 0 Å². The molecule has 30 heteroatoms. The molecule has 0 aromatic heterocycles. The van der Waals surface area contributed by atoms with Crippen molar-refractivity contribution >= 4 is 46.9 Å². The lowest BCUT2D eigenvalue weighted by molar-refractivity contribution is -0.0167. The third-order valence-electron chi connectivity index (χ3n) is 5.56. The van der Waals surface area contributed by atoms with Crippen LogP contribution in [-0.4, -0.2) is 72.5 Å². The third-order valence-corrected chi connectivity index (χ3v) is 14.8. The molecule has 1 aliphatic rings. The number of azide groups is 1. The van der Waals surface area contributed by atoms with E-state index in [1.54, 1.807) is 6.92 Å². The van der Waals surface area contributed by atoms with Gasteiger partial charge in [0.1, 0.15) is 6.10 Å². The van der Waals surface area contributed by atoms with E-state index < -0.39 is 78.5 Å². The lowest BCUT2D eigenvalue weighted by Gasteiger charge is -2.21. The quantitative estimate of drug-likeness (QED) is 0.0197. The van der Waals surface area contributed by atoms with E-state index in [2.05, 4.69) is 40.6 Å². The van der Waals surface area contributed by atoms with Gasteiger partial charge in [-0.3, -0.25) is 9.05 Å². The van der Waals surface area contributed by atoms with Crippen LogP contribution in [0.25, 0.3) is 10.4 Å². The molecule has 24 nitrogen and oxygen atoms in total. The van der Waals surface area contributed by atoms with Crippen molar-refractivity contribution in [3.05, 3.63) is 10.4 Å². The number of aliphatic hydroxyl groups is 1. The number of phosphoric acid groups is 6. The second-order valence-corrected chi connectivity index (χ2v) is 19.2. The SMILES string of the molecule is C[C@H]1C[C@@H](O)[C@@H](COP(=O)(O)OP(=O)(O)OP(=O)(O)OP(=O)(O)OP(=O)(O)OP(=O)(O)OCCCCCCCCCCCN=[N+]=[N-])O1. The maximum absolute atomic E-state index is 12.0. The number of nitrogens with zero attached hydrogens (tertiary/aromatic N) is 3. The highest BCUT2D eigenvalue weighted by atomic mass is 31.3. The molecule has 0 spiro atoms. The molecule has 47 heavy (non-hydrogen) atoms. The zero-order valence-corrected chi connectivity index (χ0v) is 30.2. The topological polar surface area (TPSA) is 367 Å². The van der Waals surface area contributed by atoms with Gasteiger partial charge in [-0.2, -0.15) is 21.6 Å². The van der Waals surface area contributed by atoms with Crippen LogP contribution in [0.3, 0.4) is 0 Å². The van der Waals surface area contributed by atoms with E-state index in [1.165, 1.54) is 0 Å². The second kappa shape index (κ2) is 20.2. The van der Waals surface area contributed by atoms with Crippen molar-refractivity contribution in [2.45, 2.75) is 89.4 Å². The Balaban J connectivity index is 2.48. The number of unbranched alkanes of at least 4 members (excludes halogenated alkanes) is 8. The Labute approximate surface area is 268 Å². The molecule has 7 N–H and O–H groups in total. The van der Waals surface area contributed by atoms with Gasteiger partial charge in [0.25, 0.3) is 0 Å². The van der Waals surface area contributed by atoms with Gasteiger partial charge in [-0.1, -0.05) is 50.1 Å². The van der Waals surface area contributed by atoms with Crippen LogP contribution in [0, 0.1) is 0 Å². The zero-order chi connectivity index (χ0) is 36.0. The van der Waals surface area contributed by atoms with Gasteiger partial charge in [-0.05, 0) is 25.3 Å². The number of hydrogen-bond acceptors (Lipinski definition) is 16. The van der Waals surface area contributed by atoms with Crippen LogP contribution in [-0.2, 0) is 62.7 Å². The Morgan fingerprint density at radius 3 is 1.45 bits per heavy atom. The summed E-state index contributed by atoms with van der Waals surface area (Å²) in [7, 11) is -36.0. The molecule has 0 amide bonds. The molecule has 0 bridgehead atoms. The maximum atomic E-state index is 12.0. The largest absolute Gasteiger partial charge is 0.490 e. The van der Waals surface area contributed by atoms with Crippen molar-refractivity contribution in [3.8, 4) is 0 Å². The van der Waals surface area contributed by atoms with Crippen LogP contribution < -0.4 is 0 Å². The van der Waals surface area contributed by atoms with Gasteiger partial charge < -0.3 is 39.2 Å². The smallest absolute Gasteiger partial charge is 0.390 e. The van der Waals surface area contributed by atoms with Gasteiger partial charge in [-0.25, -0.2) is 27.4 Å². The van der Waals surface area contributed by atoms with Gasteiger partial charge in [0, 0.05) is 17.9 Å². The summed E-state index contributed by atoms with van der Waals surface area (Å²) in [6.07, 6.45) is 4.24. The monoisotopic (exact) mass is 807 g/mol. The second-order valence-electron chi connectivity index (χ2n) is 9.77. The summed E-state index contributed by atoms with van der Waals surface area (Å²) in [5.74, 6) is 0. The van der Waals surface area contributed by atoms with Crippen molar-refractivity contribution in [3.63, 3.8) is 0 Å². The highest BCUT2D eigenvalue weighted by Crippen LogP contribution is 2.75. The minimum absolute atomic E-state index is 0.126. The minimum Gasteiger partial charge on any atom is -0.390 e. The fraction of sp³-hybridized carbons (Fsp3) is 1.00. The van der Waals surface area contributed by atoms with Crippen LogP contribution >= 0.6 is 46.9 Å². The van der Waals surface area contributed by atoms with Crippen LogP contribution in [0.2, 0.25) is 0 Å².